The van der Waals surface area contributed by atoms with Crippen LogP contribution < -0.4 is 5.56 Å². The zero-order valence-electron chi connectivity index (χ0n) is 11.3. The third kappa shape index (κ3) is 2.02. The van der Waals surface area contributed by atoms with E-state index < -0.39 is 0 Å². The van der Waals surface area contributed by atoms with Crippen molar-refractivity contribution in [2.75, 3.05) is 0 Å². The van der Waals surface area contributed by atoms with E-state index in [0.29, 0.717) is 11.3 Å². The summed E-state index contributed by atoms with van der Waals surface area (Å²) in [5, 5.41) is 1.04. The van der Waals surface area contributed by atoms with Crippen LogP contribution in [0.3, 0.4) is 0 Å². The number of hydrogen-bond donors (Lipinski definition) is 0. The largest absolute Gasteiger partial charge is 0.269 e. The SMILES string of the molecule is Cc1nc2ccc(-c3cc(=O)n4ccccc4n3)cc2s1. The minimum absolute atomic E-state index is 0.0730. The Morgan fingerprint density at radius 2 is 2.00 bits per heavy atom. The molecule has 0 N–H and O–H groups in total. The maximum atomic E-state index is 12.2. The van der Waals surface area contributed by atoms with Gasteiger partial charge in [0.25, 0.3) is 5.56 Å². The molecule has 0 radical (unpaired) electrons. The highest BCUT2D eigenvalue weighted by atomic mass is 32.1. The lowest BCUT2D eigenvalue weighted by Crippen LogP contribution is -2.13. The molecule has 0 atom stereocenters. The fourth-order valence-corrected chi connectivity index (χ4v) is 3.27. The van der Waals surface area contributed by atoms with Gasteiger partial charge in [-0.15, -0.1) is 11.3 Å². The van der Waals surface area contributed by atoms with Gasteiger partial charge in [-0.05, 0) is 31.2 Å². The van der Waals surface area contributed by atoms with E-state index in [1.807, 2.05) is 43.3 Å². The van der Waals surface area contributed by atoms with E-state index in [1.54, 1.807) is 28.0 Å². The Bertz CT molecular complexity index is 1030. The third-order valence-corrected chi connectivity index (χ3v) is 4.30. The standard InChI is InChI=1S/C16H11N3OS/c1-10-17-12-6-5-11(8-14(12)21-10)13-9-16(20)19-7-3-2-4-15(19)18-13/h2-9H,1H3. The molecular formula is C16H11N3OS. The molecule has 0 aliphatic carbocycles. The van der Waals surface area contributed by atoms with Crippen molar-refractivity contribution in [1.29, 1.82) is 0 Å². The number of benzene rings is 1. The molecule has 4 aromatic rings. The van der Waals surface area contributed by atoms with E-state index in [4.69, 9.17) is 0 Å². The van der Waals surface area contributed by atoms with Crippen molar-refractivity contribution in [3.8, 4) is 11.3 Å². The zero-order valence-corrected chi connectivity index (χ0v) is 12.1. The van der Waals surface area contributed by atoms with Gasteiger partial charge in [0, 0.05) is 17.8 Å². The van der Waals surface area contributed by atoms with Crippen LogP contribution in [0.5, 0.6) is 0 Å². The summed E-state index contributed by atoms with van der Waals surface area (Å²) in [6.45, 7) is 1.99. The molecule has 3 heterocycles. The van der Waals surface area contributed by atoms with Gasteiger partial charge in [-0.3, -0.25) is 9.20 Å². The molecule has 0 aliphatic rings. The summed E-state index contributed by atoms with van der Waals surface area (Å²) in [5.41, 5.74) is 3.20. The average molecular weight is 293 g/mol. The van der Waals surface area contributed by atoms with Crippen molar-refractivity contribution in [3.05, 3.63) is 64.0 Å². The molecule has 5 heteroatoms. The minimum atomic E-state index is -0.0730. The Morgan fingerprint density at radius 3 is 2.90 bits per heavy atom. The molecule has 0 bridgehead atoms. The number of nitrogens with zero attached hydrogens (tertiary/aromatic N) is 3. The quantitative estimate of drug-likeness (QED) is 0.541. The molecular weight excluding hydrogens is 282 g/mol. The van der Waals surface area contributed by atoms with Crippen molar-refractivity contribution in [2.24, 2.45) is 0 Å². The summed E-state index contributed by atoms with van der Waals surface area (Å²) in [6.07, 6.45) is 1.73. The van der Waals surface area contributed by atoms with Gasteiger partial charge in [0.15, 0.2) is 0 Å². The molecule has 0 amide bonds. The Labute approximate surface area is 124 Å². The van der Waals surface area contributed by atoms with Crippen LogP contribution in [0, 0.1) is 6.92 Å². The first-order chi connectivity index (χ1) is 10.2. The first-order valence-corrected chi connectivity index (χ1v) is 7.38. The van der Waals surface area contributed by atoms with Crippen LogP contribution in [0.4, 0.5) is 0 Å². The van der Waals surface area contributed by atoms with Crippen LogP contribution in [-0.2, 0) is 0 Å². The smallest absolute Gasteiger partial charge is 0.258 e. The van der Waals surface area contributed by atoms with Crippen LogP contribution in [0.1, 0.15) is 5.01 Å². The number of fused-ring (bicyclic) bond motifs is 2. The number of hydrogen-bond acceptors (Lipinski definition) is 4. The molecule has 21 heavy (non-hydrogen) atoms. The van der Waals surface area contributed by atoms with Crippen LogP contribution in [-0.4, -0.2) is 14.4 Å². The summed E-state index contributed by atoms with van der Waals surface area (Å²) >= 11 is 1.65. The lowest BCUT2D eigenvalue weighted by Gasteiger charge is -2.04. The van der Waals surface area contributed by atoms with E-state index >= 15 is 0 Å². The van der Waals surface area contributed by atoms with Crippen LogP contribution in [0.15, 0.2) is 53.5 Å². The molecule has 102 valence electrons. The first kappa shape index (κ1) is 12.2. The lowest BCUT2D eigenvalue weighted by molar-refractivity contribution is 1.05. The first-order valence-electron chi connectivity index (χ1n) is 6.57. The summed E-state index contributed by atoms with van der Waals surface area (Å²) in [5.74, 6) is 0. The normalized spacial score (nSPS) is 11.3. The molecule has 4 rings (SSSR count). The summed E-state index contributed by atoms with van der Waals surface area (Å²) in [4.78, 5) is 21.2. The number of aryl methyl sites for hydroxylation is 1. The summed E-state index contributed by atoms with van der Waals surface area (Å²) in [6, 6.07) is 13.1. The van der Waals surface area contributed by atoms with Gasteiger partial charge >= 0.3 is 0 Å². The van der Waals surface area contributed by atoms with Crippen molar-refractivity contribution in [2.45, 2.75) is 6.92 Å². The monoisotopic (exact) mass is 293 g/mol. The topological polar surface area (TPSA) is 47.3 Å². The molecule has 0 fully saturated rings. The molecule has 0 unspecified atom stereocenters. The predicted octanol–water partition coefficient (Wildman–Crippen LogP) is 3.28. The second-order valence-electron chi connectivity index (χ2n) is 4.82. The van der Waals surface area contributed by atoms with Gasteiger partial charge in [-0.2, -0.15) is 0 Å². The van der Waals surface area contributed by atoms with E-state index in [9.17, 15) is 4.79 Å². The number of rotatable bonds is 1. The number of thiazole rings is 1. The Hall–Kier alpha value is -2.53. The van der Waals surface area contributed by atoms with Gasteiger partial charge in [-0.25, -0.2) is 9.97 Å². The maximum absolute atomic E-state index is 12.2. The van der Waals surface area contributed by atoms with Crippen molar-refractivity contribution in [1.82, 2.24) is 14.4 Å². The summed E-state index contributed by atoms with van der Waals surface area (Å²) < 4.78 is 2.65. The molecule has 0 spiro atoms. The van der Waals surface area contributed by atoms with Crippen molar-refractivity contribution in [3.63, 3.8) is 0 Å². The second kappa shape index (κ2) is 4.49. The number of pyridine rings is 1. The molecule has 0 saturated carbocycles. The van der Waals surface area contributed by atoms with Gasteiger partial charge in [0.1, 0.15) is 5.65 Å². The van der Waals surface area contributed by atoms with Crippen LogP contribution >= 0.6 is 11.3 Å². The van der Waals surface area contributed by atoms with E-state index in [1.165, 1.54) is 0 Å². The lowest BCUT2D eigenvalue weighted by atomic mass is 10.1. The van der Waals surface area contributed by atoms with Gasteiger partial charge in [0.05, 0.1) is 20.9 Å². The zero-order chi connectivity index (χ0) is 14.4. The predicted molar refractivity (Wildman–Crippen MR) is 84.8 cm³/mol. The van der Waals surface area contributed by atoms with Crippen LogP contribution in [0.2, 0.25) is 0 Å². The Balaban J connectivity index is 1.97. The Kier molecular flexibility index (Phi) is 2.62. The van der Waals surface area contributed by atoms with E-state index in [0.717, 1.165) is 20.8 Å². The van der Waals surface area contributed by atoms with Crippen LogP contribution in [0.25, 0.3) is 27.1 Å². The van der Waals surface area contributed by atoms with Gasteiger partial charge in [0.2, 0.25) is 0 Å². The van der Waals surface area contributed by atoms with E-state index in [-0.39, 0.29) is 5.56 Å². The number of aromatic nitrogens is 3. The highest BCUT2D eigenvalue weighted by molar-refractivity contribution is 7.18. The van der Waals surface area contributed by atoms with Crippen molar-refractivity contribution >= 4 is 27.2 Å². The molecule has 0 aliphatic heterocycles. The fraction of sp³-hybridized carbons (Fsp3) is 0.0625. The molecule has 1 aromatic carbocycles. The second-order valence-corrected chi connectivity index (χ2v) is 6.06. The van der Waals surface area contributed by atoms with Gasteiger partial charge in [-0.1, -0.05) is 12.1 Å². The average Bonchev–Trinajstić information content (AvgIpc) is 2.86. The maximum Gasteiger partial charge on any atom is 0.258 e. The molecule has 0 saturated heterocycles. The summed E-state index contributed by atoms with van der Waals surface area (Å²) in [7, 11) is 0. The third-order valence-electron chi connectivity index (χ3n) is 3.36. The minimum Gasteiger partial charge on any atom is -0.269 e. The van der Waals surface area contributed by atoms with Crippen molar-refractivity contribution < 1.29 is 0 Å². The van der Waals surface area contributed by atoms with Gasteiger partial charge < -0.3 is 0 Å². The van der Waals surface area contributed by atoms with E-state index in [2.05, 4.69) is 9.97 Å². The highest BCUT2D eigenvalue weighted by Gasteiger charge is 2.07. The molecule has 4 nitrogen and oxygen atoms in total. The fourth-order valence-electron chi connectivity index (χ4n) is 2.40. The highest BCUT2D eigenvalue weighted by Crippen LogP contribution is 2.26. The Morgan fingerprint density at radius 1 is 1.10 bits per heavy atom. The molecule has 3 aromatic heterocycles.